The lowest BCUT2D eigenvalue weighted by molar-refractivity contribution is -0.127. The molecule has 0 fully saturated rings. The van der Waals surface area contributed by atoms with Crippen LogP contribution in [0.1, 0.15) is 26.8 Å². The molecule has 34 heavy (non-hydrogen) atoms. The third-order valence-electron chi connectivity index (χ3n) is 5.01. The number of aryl methyl sites for hydroxylation is 1. The largest absolute Gasteiger partial charge is 0.468 e. The molecule has 0 saturated heterocycles. The molecule has 0 spiro atoms. The Morgan fingerprint density at radius 2 is 1.68 bits per heavy atom. The second-order valence-corrected chi connectivity index (χ2v) is 10.7. The number of furan rings is 2. The van der Waals surface area contributed by atoms with E-state index in [0.717, 1.165) is 4.88 Å². The lowest BCUT2D eigenvalue weighted by atomic mass is 10.2. The van der Waals surface area contributed by atoms with Gasteiger partial charge in [-0.05, 0) is 67.1 Å². The monoisotopic (exact) mass is 496 g/mol. The van der Waals surface area contributed by atoms with Crippen molar-refractivity contribution in [2.45, 2.75) is 31.5 Å². The van der Waals surface area contributed by atoms with E-state index >= 15 is 0 Å². The second kappa shape index (κ2) is 10.7. The Labute approximate surface area is 202 Å². The van der Waals surface area contributed by atoms with Crippen LogP contribution in [0.3, 0.4) is 0 Å². The van der Waals surface area contributed by atoms with Gasteiger partial charge < -0.3 is 13.7 Å². The van der Waals surface area contributed by atoms with Crippen molar-refractivity contribution in [2.75, 3.05) is 0 Å². The molecule has 1 amide bonds. The maximum atomic E-state index is 13.0. The van der Waals surface area contributed by atoms with Crippen LogP contribution in [0, 0.1) is 6.92 Å². The molecule has 176 valence electrons. The molecule has 0 saturated carbocycles. The van der Waals surface area contributed by atoms with Crippen LogP contribution in [0.15, 0.2) is 93.0 Å². The van der Waals surface area contributed by atoms with Gasteiger partial charge in [0.1, 0.15) is 11.5 Å². The van der Waals surface area contributed by atoms with Crippen LogP contribution in [0.25, 0.3) is 6.08 Å². The summed E-state index contributed by atoms with van der Waals surface area (Å²) in [4.78, 5) is 17.1. The molecule has 9 heteroatoms. The third kappa shape index (κ3) is 6.34. The maximum absolute atomic E-state index is 13.0. The average Bonchev–Trinajstić information content (AvgIpc) is 3.60. The van der Waals surface area contributed by atoms with E-state index in [1.807, 2.05) is 25.1 Å². The molecule has 7 nitrogen and oxygen atoms in total. The Morgan fingerprint density at radius 3 is 2.29 bits per heavy atom. The molecule has 0 aliphatic carbocycles. The second-order valence-electron chi connectivity index (χ2n) is 7.59. The minimum atomic E-state index is -3.68. The first kappa shape index (κ1) is 23.7. The number of nitrogens with one attached hydrogen (secondary N) is 1. The predicted molar refractivity (Wildman–Crippen MR) is 130 cm³/mol. The smallest absolute Gasteiger partial charge is 0.247 e. The van der Waals surface area contributed by atoms with Gasteiger partial charge in [0.25, 0.3) is 0 Å². The zero-order valence-corrected chi connectivity index (χ0v) is 20.1. The molecule has 4 aromatic rings. The van der Waals surface area contributed by atoms with Crippen molar-refractivity contribution in [3.05, 3.63) is 106 Å². The van der Waals surface area contributed by atoms with Crippen molar-refractivity contribution >= 4 is 33.3 Å². The van der Waals surface area contributed by atoms with Crippen molar-refractivity contribution < 1.29 is 22.0 Å². The van der Waals surface area contributed by atoms with Crippen molar-refractivity contribution in [3.63, 3.8) is 0 Å². The zero-order chi connectivity index (χ0) is 24.0. The number of carbonyl (C=O) groups excluding carboxylic acids is 1. The van der Waals surface area contributed by atoms with E-state index in [2.05, 4.69) is 4.72 Å². The maximum Gasteiger partial charge on any atom is 0.247 e. The van der Waals surface area contributed by atoms with E-state index in [0.29, 0.717) is 30.2 Å². The number of carbonyl (C=O) groups is 1. The summed E-state index contributed by atoms with van der Waals surface area (Å²) in [7, 11) is -3.68. The summed E-state index contributed by atoms with van der Waals surface area (Å²) in [5.41, 5.74) is 0.711. The molecule has 1 N–H and O–H groups in total. The van der Waals surface area contributed by atoms with Gasteiger partial charge in [-0.2, -0.15) is 0 Å². The van der Waals surface area contributed by atoms with E-state index in [4.69, 9.17) is 8.83 Å². The van der Waals surface area contributed by atoms with Crippen LogP contribution in [0.4, 0.5) is 0 Å². The van der Waals surface area contributed by atoms with Crippen molar-refractivity contribution in [1.82, 2.24) is 9.62 Å². The van der Waals surface area contributed by atoms with Gasteiger partial charge in [-0.1, -0.05) is 12.1 Å². The normalized spacial score (nSPS) is 11.8. The van der Waals surface area contributed by atoms with Crippen LogP contribution < -0.4 is 4.72 Å². The summed E-state index contributed by atoms with van der Waals surface area (Å²) in [6, 6.07) is 17.4. The SMILES string of the molecule is Cc1ccc(CN(Cc2ccco2)C(=O)/C=C/c2ccc(S(=O)(=O)NCc3ccco3)cc2)s1. The molecular weight excluding hydrogens is 472 g/mol. The molecule has 4 rings (SSSR count). The minimum absolute atomic E-state index is 0.0702. The molecule has 0 unspecified atom stereocenters. The summed E-state index contributed by atoms with van der Waals surface area (Å²) in [5.74, 6) is 1.06. The third-order valence-corrected chi connectivity index (χ3v) is 7.41. The molecular formula is C25H24N2O5S2. The highest BCUT2D eigenvalue weighted by Crippen LogP contribution is 2.19. The fourth-order valence-electron chi connectivity index (χ4n) is 3.25. The molecule has 0 aliphatic heterocycles. The number of rotatable bonds is 10. The lowest BCUT2D eigenvalue weighted by Crippen LogP contribution is -2.28. The Bertz CT molecular complexity index is 1340. The van der Waals surface area contributed by atoms with E-state index in [1.165, 1.54) is 29.3 Å². The van der Waals surface area contributed by atoms with Gasteiger partial charge in [0.2, 0.25) is 15.9 Å². The van der Waals surface area contributed by atoms with Gasteiger partial charge in [-0.15, -0.1) is 11.3 Å². The number of sulfonamides is 1. The Morgan fingerprint density at radius 1 is 0.971 bits per heavy atom. The van der Waals surface area contributed by atoms with Crippen LogP contribution in [0.2, 0.25) is 0 Å². The van der Waals surface area contributed by atoms with Crippen molar-refractivity contribution in [3.8, 4) is 0 Å². The summed E-state index contributed by atoms with van der Waals surface area (Å²) >= 11 is 1.65. The highest BCUT2D eigenvalue weighted by atomic mass is 32.2. The summed E-state index contributed by atoms with van der Waals surface area (Å²) in [6.45, 7) is 2.93. The highest BCUT2D eigenvalue weighted by molar-refractivity contribution is 7.89. The molecule has 0 aliphatic rings. The summed E-state index contributed by atoms with van der Waals surface area (Å²) < 4.78 is 38.0. The predicted octanol–water partition coefficient (Wildman–Crippen LogP) is 4.96. The first-order valence-corrected chi connectivity index (χ1v) is 12.9. The topological polar surface area (TPSA) is 92.8 Å². The van der Waals surface area contributed by atoms with E-state index in [1.54, 1.807) is 58.9 Å². The van der Waals surface area contributed by atoms with E-state index in [-0.39, 0.29) is 17.3 Å². The number of amides is 1. The molecule has 0 bridgehead atoms. The molecule has 1 aromatic carbocycles. The van der Waals surface area contributed by atoms with Crippen molar-refractivity contribution in [2.24, 2.45) is 0 Å². The first-order valence-electron chi connectivity index (χ1n) is 10.6. The van der Waals surface area contributed by atoms with Crippen LogP contribution >= 0.6 is 11.3 Å². The number of nitrogens with zero attached hydrogens (tertiary/aromatic N) is 1. The highest BCUT2D eigenvalue weighted by Gasteiger charge is 2.16. The Balaban J connectivity index is 1.42. The van der Waals surface area contributed by atoms with Gasteiger partial charge >= 0.3 is 0 Å². The lowest BCUT2D eigenvalue weighted by Gasteiger charge is -2.19. The fraction of sp³-hybridized carbons (Fsp3) is 0.160. The van der Waals surface area contributed by atoms with Gasteiger partial charge in [0, 0.05) is 15.8 Å². The first-order chi connectivity index (χ1) is 16.4. The zero-order valence-electron chi connectivity index (χ0n) is 18.5. The molecule has 0 atom stereocenters. The van der Waals surface area contributed by atoms with Gasteiger partial charge in [-0.25, -0.2) is 13.1 Å². The quantitative estimate of drug-likeness (QED) is 0.313. The van der Waals surface area contributed by atoms with Crippen molar-refractivity contribution in [1.29, 1.82) is 0 Å². The summed E-state index contributed by atoms with van der Waals surface area (Å²) in [6.07, 6.45) is 6.23. The standard InChI is InChI=1S/C25H24N2O5S2/c1-19-6-10-23(33-19)18-27(17-22-5-3-15-32-22)25(28)13-9-20-7-11-24(12-8-20)34(29,30)26-16-21-4-2-14-31-21/h2-15,26H,16-18H2,1H3/b13-9+. The minimum Gasteiger partial charge on any atom is -0.468 e. The number of hydrogen-bond donors (Lipinski definition) is 1. The Hall–Kier alpha value is -3.40. The molecule has 3 heterocycles. The Kier molecular flexibility index (Phi) is 7.46. The average molecular weight is 497 g/mol. The van der Waals surface area contributed by atoms with Gasteiger partial charge in [-0.3, -0.25) is 4.79 Å². The van der Waals surface area contributed by atoms with Crippen LogP contribution in [-0.4, -0.2) is 19.2 Å². The molecule has 0 radical (unpaired) electrons. The van der Waals surface area contributed by atoms with E-state index in [9.17, 15) is 13.2 Å². The van der Waals surface area contributed by atoms with Gasteiger partial charge in [0.15, 0.2) is 0 Å². The number of hydrogen-bond acceptors (Lipinski definition) is 6. The van der Waals surface area contributed by atoms with Gasteiger partial charge in [0.05, 0.1) is 37.1 Å². The van der Waals surface area contributed by atoms with Crippen LogP contribution in [-0.2, 0) is 34.5 Å². The number of benzene rings is 1. The van der Waals surface area contributed by atoms with E-state index < -0.39 is 10.0 Å². The van der Waals surface area contributed by atoms with Crippen LogP contribution in [0.5, 0.6) is 0 Å². The summed E-state index contributed by atoms with van der Waals surface area (Å²) in [5, 5.41) is 0. The number of thiophene rings is 1. The molecule has 3 aromatic heterocycles. The fourth-order valence-corrected chi connectivity index (χ4v) is 5.15.